The van der Waals surface area contributed by atoms with Crippen molar-refractivity contribution in [3.8, 4) is 17.2 Å². The van der Waals surface area contributed by atoms with Gasteiger partial charge in [-0.05, 0) is 72.2 Å². The van der Waals surface area contributed by atoms with Crippen molar-refractivity contribution in [1.29, 1.82) is 0 Å². The summed E-state index contributed by atoms with van der Waals surface area (Å²) in [5.74, 6) is 1.32. The van der Waals surface area contributed by atoms with Gasteiger partial charge in [0.1, 0.15) is 23.8 Å². The van der Waals surface area contributed by atoms with Crippen LogP contribution < -0.4 is 4.74 Å². The van der Waals surface area contributed by atoms with Gasteiger partial charge in [-0.25, -0.2) is 4.98 Å². The molecule has 35 heavy (non-hydrogen) atoms. The van der Waals surface area contributed by atoms with Gasteiger partial charge in [-0.3, -0.25) is 0 Å². The first kappa shape index (κ1) is 24.6. The zero-order chi connectivity index (χ0) is 25.0. The van der Waals surface area contributed by atoms with Gasteiger partial charge in [0.25, 0.3) is 0 Å². The minimum atomic E-state index is -4.40. The molecule has 0 aliphatic rings. The van der Waals surface area contributed by atoms with Crippen molar-refractivity contribution >= 4 is 17.2 Å². The Morgan fingerprint density at radius 3 is 2.40 bits per heavy atom. The fourth-order valence-corrected chi connectivity index (χ4v) is 3.64. The quantitative estimate of drug-likeness (QED) is 0.289. The Morgan fingerprint density at radius 2 is 1.74 bits per heavy atom. The molecule has 0 aliphatic heterocycles. The van der Waals surface area contributed by atoms with Gasteiger partial charge in [-0.2, -0.15) is 13.2 Å². The third-order valence-corrected chi connectivity index (χ3v) is 5.58. The molecule has 0 bridgehead atoms. The predicted octanol–water partition coefficient (Wildman–Crippen LogP) is 7.33. The second-order valence-corrected chi connectivity index (χ2v) is 8.16. The van der Waals surface area contributed by atoms with Crippen molar-refractivity contribution in [2.45, 2.75) is 19.7 Å². The van der Waals surface area contributed by atoms with E-state index in [9.17, 15) is 18.3 Å². The summed E-state index contributed by atoms with van der Waals surface area (Å²) in [6, 6.07) is 19.4. The SMILES string of the molecule is Cc1oc(-c2ccc(C(F)(F)F)cc2)nc1COc1cccc(/C(=C/CO)c2ccc(Cl)cc2)c1. The molecule has 0 saturated heterocycles. The average molecular weight is 500 g/mol. The maximum absolute atomic E-state index is 12.8. The first-order chi connectivity index (χ1) is 16.7. The van der Waals surface area contributed by atoms with Gasteiger partial charge >= 0.3 is 6.18 Å². The minimum absolute atomic E-state index is 0.111. The molecular formula is C27H21ClF3NO3. The summed E-state index contributed by atoms with van der Waals surface area (Å²) >= 11 is 6.00. The number of hydrogen-bond donors (Lipinski definition) is 1. The molecular weight excluding hydrogens is 479 g/mol. The molecule has 0 saturated carbocycles. The predicted molar refractivity (Wildman–Crippen MR) is 128 cm³/mol. The van der Waals surface area contributed by atoms with Crippen LogP contribution in [0.5, 0.6) is 5.75 Å². The number of benzene rings is 3. The van der Waals surface area contributed by atoms with E-state index in [1.165, 1.54) is 12.1 Å². The molecule has 4 rings (SSSR count). The Kier molecular flexibility index (Phi) is 7.28. The van der Waals surface area contributed by atoms with Crippen LogP contribution in [-0.4, -0.2) is 16.7 Å². The Hall–Kier alpha value is -3.55. The smallest absolute Gasteiger partial charge is 0.416 e. The van der Waals surface area contributed by atoms with Crippen LogP contribution in [0.3, 0.4) is 0 Å². The van der Waals surface area contributed by atoms with Crippen LogP contribution in [0.2, 0.25) is 5.02 Å². The van der Waals surface area contributed by atoms with Gasteiger partial charge in [0.05, 0.1) is 12.2 Å². The molecule has 4 aromatic rings. The van der Waals surface area contributed by atoms with E-state index in [1.807, 2.05) is 30.3 Å². The second-order valence-electron chi connectivity index (χ2n) is 7.72. The summed E-state index contributed by atoms with van der Waals surface area (Å²) in [7, 11) is 0. The number of aliphatic hydroxyl groups excluding tert-OH is 1. The third kappa shape index (κ3) is 5.93. The molecule has 4 nitrogen and oxygen atoms in total. The van der Waals surface area contributed by atoms with E-state index in [4.69, 9.17) is 20.8 Å². The van der Waals surface area contributed by atoms with Gasteiger partial charge in [-0.15, -0.1) is 0 Å². The highest BCUT2D eigenvalue weighted by Gasteiger charge is 2.30. The number of nitrogens with zero attached hydrogens (tertiary/aromatic N) is 1. The lowest BCUT2D eigenvalue weighted by molar-refractivity contribution is -0.137. The largest absolute Gasteiger partial charge is 0.487 e. The van der Waals surface area contributed by atoms with E-state index in [2.05, 4.69) is 4.98 Å². The lowest BCUT2D eigenvalue weighted by Gasteiger charge is -2.11. The molecule has 0 spiro atoms. The number of aryl methyl sites for hydroxylation is 1. The molecule has 0 aliphatic carbocycles. The van der Waals surface area contributed by atoms with Crippen LogP contribution in [-0.2, 0) is 12.8 Å². The molecule has 0 fully saturated rings. The van der Waals surface area contributed by atoms with Gasteiger partial charge in [0, 0.05) is 10.6 Å². The number of halogens is 4. The lowest BCUT2D eigenvalue weighted by atomic mass is 9.97. The summed E-state index contributed by atoms with van der Waals surface area (Å²) in [4.78, 5) is 4.40. The molecule has 8 heteroatoms. The van der Waals surface area contributed by atoms with Crippen LogP contribution in [0.25, 0.3) is 17.0 Å². The summed E-state index contributed by atoms with van der Waals surface area (Å²) < 4.78 is 50.0. The Balaban J connectivity index is 1.51. The Bertz CT molecular complexity index is 1330. The molecule has 1 aromatic heterocycles. The topological polar surface area (TPSA) is 55.5 Å². The van der Waals surface area contributed by atoms with Crippen molar-refractivity contribution in [2.75, 3.05) is 6.61 Å². The third-order valence-electron chi connectivity index (χ3n) is 5.32. The van der Waals surface area contributed by atoms with Crippen LogP contribution in [0.15, 0.2) is 83.3 Å². The first-order valence-electron chi connectivity index (χ1n) is 10.7. The van der Waals surface area contributed by atoms with E-state index in [1.54, 1.807) is 31.2 Å². The second kappa shape index (κ2) is 10.4. The number of alkyl halides is 3. The maximum atomic E-state index is 12.8. The van der Waals surface area contributed by atoms with Crippen LogP contribution >= 0.6 is 11.6 Å². The summed E-state index contributed by atoms with van der Waals surface area (Å²) in [5.41, 5.74) is 2.82. The van der Waals surface area contributed by atoms with Crippen LogP contribution in [0, 0.1) is 6.92 Å². The number of rotatable bonds is 7. The molecule has 0 radical (unpaired) electrons. The number of aliphatic hydroxyl groups is 1. The van der Waals surface area contributed by atoms with Gasteiger partial charge in [0.2, 0.25) is 5.89 Å². The van der Waals surface area contributed by atoms with E-state index in [0.29, 0.717) is 27.8 Å². The maximum Gasteiger partial charge on any atom is 0.416 e. The standard InChI is InChI=1S/C27H21ClF3NO3/c1-17-25(32-26(35-17)19-5-9-21(10-6-19)27(29,30)31)16-34-23-4-2-3-20(15-23)24(13-14-33)18-7-11-22(28)12-8-18/h2-13,15,33H,14,16H2,1H3/b24-13+. The number of hydrogen-bond acceptors (Lipinski definition) is 4. The molecule has 1 heterocycles. The average Bonchev–Trinajstić information content (AvgIpc) is 3.22. The van der Waals surface area contributed by atoms with Crippen LogP contribution in [0.1, 0.15) is 28.1 Å². The highest BCUT2D eigenvalue weighted by atomic mass is 35.5. The number of ether oxygens (including phenoxy) is 1. The fraction of sp³-hybridized carbons (Fsp3) is 0.148. The first-order valence-corrected chi connectivity index (χ1v) is 11.1. The Labute approximate surface area is 205 Å². The van der Waals surface area contributed by atoms with Gasteiger partial charge in [0.15, 0.2) is 0 Å². The van der Waals surface area contributed by atoms with Crippen molar-refractivity contribution in [2.24, 2.45) is 0 Å². The van der Waals surface area contributed by atoms with Crippen molar-refractivity contribution < 1.29 is 27.4 Å². The molecule has 0 unspecified atom stereocenters. The highest BCUT2D eigenvalue weighted by molar-refractivity contribution is 6.30. The fourth-order valence-electron chi connectivity index (χ4n) is 3.52. The number of aromatic nitrogens is 1. The molecule has 3 aromatic carbocycles. The Morgan fingerprint density at radius 1 is 1.03 bits per heavy atom. The van der Waals surface area contributed by atoms with Crippen molar-refractivity contribution in [1.82, 2.24) is 4.98 Å². The zero-order valence-corrected chi connectivity index (χ0v) is 19.4. The van der Waals surface area contributed by atoms with E-state index in [-0.39, 0.29) is 19.1 Å². The highest BCUT2D eigenvalue weighted by Crippen LogP contribution is 2.32. The van der Waals surface area contributed by atoms with E-state index >= 15 is 0 Å². The van der Waals surface area contributed by atoms with Crippen molar-refractivity contribution in [3.63, 3.8) is 0 Å². The zero-order valence-electron chi connectivity index (χ0n) is 18.6. The van der Waals surface area contributed by atoms with Crippen LogP contribution in [0.4, 0.5) is 13.2 Å². The molecule has 1 N–H and O–H groups in total. The normalized spacial score (nSPS) is 12.1. The van der Waals surface area contributed by atoms with Gasteiger partial charge in [-0.1, -0.05) is 41.9 Å². The molecule has 0 atom stereocenters. The van der Waals surface area contributed by atoms with Crippen molar-refractivity contribution in [3.05, 3.63) is 112 Å². The monoisotopic (exact) mass is 499 g/mol. The molecule has 180 valence electrons. The van der Waals surface area contributed by atoms with Gasteiger partial charge < -0.3 is 14.3 Å². The summed E-state index contributed by atoms with van der Waals surface area (Å²) in [6.45, 7) is 1.70. The summed E-state index contributed by atoms with van der Waals surface area (Å²) in [6.07, 6.45) is -2.70. The van der Waals surface area contributed by atoms with E-state index < -0.39 is 11.7 Å². The molecule has 0 amide bonds. The minimum Gasteiger partial charge on any atom is -0.487 e. The lowest BCUT2D eigenvalue weighted by Crippen LogP contribution is -2.04. The van der Waals surface area contributed by atoms with E-state index in [0.717, 1.165) is 28.8 Å². The summed E-state index contributed by atoms with van der Waals surface area (Å²) in [5, 5.41) is 10.1. The number of oxazole rings is 1.